The lowest BCUT2D eigenvalue weighted by molar-refractivity contribution is -0.120. The maximum Gasteiger partial charge on any atom is 0.134 e. The zero-order valence-corrected chi connectivity index (χ0v) is 10.5. The highest BCUT2D eigenvalue weighted by atomic mass is 16.1. The van der Waals surface area contributed by atoms with Crippen LogP contribution in [0.3, 0.4) is 0 Å². The first-order valence-electron chi connectivity index (χ1n) is 6.96. The molecule has 4 unspecified atom stereocenters. The van der Waals surface area contributed by atoms with E-state index in [4.69, 9.17) is 5.73 Å². The van der Waals surface area contributed by atoms with Crippen molar-refractivity contribution in [1.29, 1.82) is 0 Å². The van der Waals surface area contributed by atoms with Crippen molar-refractivity contribution in [3.05, 3.63) is 0 Å². The standard InChI is InChI=1S/C14H25NO/c1-2-3-13(15)9-14(16)8-12-7-10-4-5-11(12)6-10/h10-13H,2-9,15H2,1H3. The number of rotatable bonds is 6. The van der Waals surface area contributed by atoms with E-state index in [1.807, 2.05) is 0 Å². The number of nitrogens with two attached hydrogens (primary N) is 1. The Morgan fingerprint density at radius 3 is 2.75 bits per heavy atom. The van der Waals surface area contributed by atoms with E-state index in [0.29, 0.717) is 18.1 Å². The summed E-state index contributed by atoms with van der Waals surface area (Å²) in [6.45, 7) is 2.13. The molecule has 2 aliphatic rings. The van der Waals surface area contributed by atoms with Gasteiger partial charge in [0.05, 0.1) is 0 Å². The molecule has 0 aliphatic heterocycles. The smallest absolute Gasteiger partial charge is 0.134 e. The molecule has 0 aromatic rings. The zero-order chi connectivity index (χ0) is 11.5. The first kappa shape index (κ1) is 12.1. The Labute approximate surface area is 99.0 Å². The zero-order valence-electron chi connectivity index (χ0n) is 10.5. The third-order valence-electron chi connectivity index (χ3n) is 4.52. The number of fused-ring (bicyclic) bond motifs is 2. The summed E-state index contributed by atoms with van der Waals surface area (Å²) in [5.41, 5.74) is 5.91. The molecule has 2 aliphatic carbocycles. The highest BCUT2D eigenvalue weighted by molar-refractivity contribution is 5.79. The van der Waals surface area contributed by atoms with Crippen LogP contribution in [0.25, 0.3) is 0 Å². The minimum absolute atomic E-state index is 0.107. The van der Waals surface area contributed by atoms with Gasteiger partial charge in [-0.3, -0.25) is 4.79 Å². The van der Waals surface area contributed by atoms with E-state index >= 15 is 0 Å². The summed E-state index contributed by atoms with van der Waals surface area (Å²) in [5, 5.41) is 0. The van der Waals surface area contributed by atoms with Gasteiger partial charge < -0.3 is 5.73 Å². The van der Waals surface area contributed by atoms with Crippen molar-refractivity contribution in [2.24, 2.45) is 23.5 Å². The molecule has 0 heterocycles. The molecule has 2 N–H and O–H groups in total. The van der Waals surface area contributed by atoms with E-state index < -0.39 is 0 Å². The predicted molar refractivity (Wildman–Crippen MR) is 66.1 cm³/mol. The summed E-state index contributed by atoms with van der Waals surface area (Å²) in [6, 6.07) is 0.107. The minimum atomic E-state index is 0.107. The van der Waals surface area contributed by atoms with Crippen molar-refractivity contribution in [1.82, 2.24) is 0 Å². The monoisotopic (exact) mass is 223 g/mol. The van der Waals surface area contributed by atoms with E-state index in [-0.39, 0.29) is 6.04 Å². The second-order valence-electron chi connectivity index (χ2n) is 5.93. The lowest BCUT2D eigenvalue weighted by atomic mass is 9.84. The summed E-state index contributed by atoms with van der Waals surface area (Å²) in [6.07, 6.45) is 9.03. The normalized spacial score (nSPS) is 34.2. The van der Waals surface area contributed by atoms with Crippen LogP contribution in [0.1, 0.15) is 58.3 Å². The molecule has 2 fully saturated rings. The van der Waals surface area contributed by atoms with Gasteiger partial charge in [-0.05, 0) is 43.4 Å². The van der Waals surface area contributed by atoms with Gasteiger partial charge in [-0.25, -0.2) is 0 Å². The Bertz CT molecular complexity index is 251. The maximum absolute atomic E-state index is 11.9. The third-order valence-corrected chi connectivity index (χ3v) is 4.52. The summed E-state index contributed by atoms with van der Waals surface area (Å²) >= 11 is 0. The second-order valence-corrected chi connectivity index (χ2v) is 5.93. The van der Waals surface area contributed by atoms with E-state index in [2.05, 4.69) is 6.92 Å². The first-order chi connectivity index (χ1) is 7.69. The number of hydrogen-bond donors (Lipinski definition) is 1. The number of carbonyl (C=O) groups excluding carboxylic acids is 1. The first-order valence-corrected chi connectivity index (χ1v) is 6.96. The highest BCUT2D eigenvalue weighted by Crippen LogP contribution is 2.49. The molecule has 16 heavy (non-hydrogen) atoms. The lowest BCUT2D eigenvalue weighted by Gasteiger charge is -2.21. The summed E-state index contributed by atoms with van der Waals surface area (Å²) in [7, 11) is 0. The molecule has 2 saturated carbocycles. The van der Waals surface area contributed by atoms with Crippen LogP contribution in [0.4, 0.5) is 0 Å². The molecule has 92 valence electrons. The van der Waals surface area contributed by atoms with Crippen molar-refractivity contribution in [2.45, 2.75) is 64.3 Å². The molecule has 2 nitrogen and oxygen atoms in total. The molecule has 0 aromatic heterocycles. The second kappa shape index (κ2) is 5.31. The topological polar surface area (TPSA) is 43.1 Å². The summed E-state index contributed by atoms with van der Waals surface area (Å²) < 4.78 is 0. The van der Waals surface area contributed by atoms with Gasteiger partial charge in [-0.1, -0.05) is 19.8 Å². The molecule has 2 rings (SSSR count). The fourth-order valence-electron chi connectivity index (χ4n) is 3.77. The van der Waals surface area contributed by atoms with Gasteiger partial charge in [0.25, 0.3) is 0 Å². The average Bonchev–Trinajstić information content (AvgIpc) is 2.78. The van der Waals surface area contributed by atoms with Crippen molar-refractivity contribution in [3.63, 3.8) is 0 Å². The molecule has 2 heteroatoms. The quantitative estimate of drug-likeness (QED) is 0.752. The average molecular weight is 223 g/mol. The highest BCUT2D eigenvalue weighted by Gasteiger charge is 2.39. The number of Topliss-reactive ketones (excluding diaryl/α,β-unsaturated/α-hetero) is 1. The Morgan fingerprint density at radius 2 is 2.19 bits per heavy atom. The molecule has 2 bridgehead atoms. The SMILES string of the molecule is CCCC(N)CC(=O)CC1CC2CCC1C2. The lowest BCUT2D eigenvalue weighted by Crippen LogP contribution is -2.25. The molecule has 0 amide bonds. The Balaban J connectivity index is 1.71. The largest absolute Gasteiger partial charge is 0.327 e. The van der Waals surface area contributed by atoms with Crippen LogP contribution in [0.5, 0.6) is 0 Å². The van der Waals surface area contributed by atoms with Crippen LogP contribution < -0.4 is 5.73 Å². The molecular formula is C14H25NO. The molecule has 0 aromatic carbocycles. The van der Waals surface area contributed by atoms with Crippen molar-refractivity contribution < 1.29 is 4.79 Å². The molecule has 0 radical (unpaired) electrons. The fraction of sp³-hybridized carbons (Fsp3) is 0.929. The van der Waals surface area contributed by atoms with Crippen LogP contribution in [0.15, 0.2) is 0 Å². The van der Waals surface area contributed by atoms with E-state index in [0.717, 1.165) is 31.1 Å². The van der Waals surface area contributed by atoms with Crippen LogP contribution in [-0.2, 0) is 4.79 Å². The predicted octanol–water partition coefficient (Wildman–Crippen LogP) is 2.90. The van der Waals surface area contributed by atoms with E-state index in [9.17, 15) is 4.79 Å². The Morgan fingerprint density at radius 1 is 1.38 bits per heavy atom. The minimum Gasteiger partial charge on any atom is -0.327 e. The van der Waals surface area contributed by atoms with Crippen LogP contribution in [0, 0.1) is 17.8 Å². The maximum atomic E-state index is 11.9. The van der Waals surface area contributed by atoms with E-state index in [1.54, 1.807) is 0 Å². The Hall–Kier alpha value is -0.370. The van der Waals surface area contributed by atoms with Gasteiger partial charge in [-0.15, -0.1) is 0 Å². The van der Waals surface area contributed by atoms with Crippen molar-refractivity contribution in [3.8, 4) is 0 Å². The Kier molecular flexibility index (Phi) is 4.01. The number of ketones is 1. The van der Waals surface area contributed by atoms with E-state index in [1.165, 1.54) is 25.7 Å². The van der Waals surface area contributed by atoms with Gasteiger partial charge in [0, 0.05) is 18.9 Å². The van der Waals surface area contributed by atoms with Crippen LogP contribution in [0.2, 0.25) is 0 Å². The van der Waals surface area contributed by atoms with Gasteiger partial charge >= 0.3 is 0 Å². The van der Waals surface area contributed by atoms with Gasteiger partial charge in [0.15, 0.2) is 0 Å². The van der Waals surface area contributed by atoms with Gasteiger partial charge in [0.1, 0.15) is 5.78 Å². The third kappa shape index (κ3) is 2.85. The summed E-state index contributed by atoms with van der Waals surface area (Å²) in [5.74, 6) is 2.95. The van der Waals surface area contributed by atoms with Gasteiger partial charge in [0.2, 0.25) is 0 Å². The number of hydrogen-bond acceptors (Lipinski definition) is 2. The van der Waals surface area contributed by atoms with Gasteiger partial charge in [-0.2, -0.15) is 0 Å². The fourth-order valence-corrected chi connectivity index (χ4v) is 3.77. The molecule has 0 spiro atoms. The summed E-state index contributed by atoms with van der Waals surface area (Å²) in [4.78, 5) is 11.9. The van der Waals surface area contributed by atoms with Crippen LogP contribution in [-0.4, -0.2) is 11.8 Å². The molecular weight excluding hydrogens is 198 g/mol. The molecule has 0 saturated heterocycles. The van der Waals surface area contributed by atoms with Crippen molar-refractivity contribution >= 4 is 5.78 Å². The van der Waals surface area contributed by atoms with Crippen molar-refractivity contribution in [2.75, 3.05) is 0 Å². The molecule has 4 atom stereocenters. The van der Waals surface area contributed by atoms with Crippen LogP contribution >= 0.6 is 0 Å². The number of carbonyl (C=O) groups is 1.